The Morgan fingerprint density at radius 1 is 1.32 bits per heavy atom. The molecule has 0 aromatic carbocycles. The minimum atomic E-state index is 0.110. The molecular formula is C16H27N3. The second-order valence-corrected chi connectivity index (χ2v) is 6.60. The lowest BCUT2D eigenvalue weighted by Crippen LogP contribution is -2.58. The molecule has 106 valence electrons. The lowest BCUT2D eigenvalue weighted by atomic mass is 9.73. The molecule has 0 radical (unpaired) electrons. The molecule has 0 aliphatic heterocycles. The quantitative estimate of drug-likeness (QED) is 0.906. The SMILES string of the molecule is Cc1cccc(CN(C)C2(CN)CCCC2(C)C)n1. The number of hydrogen-bond donors (Lipinski definition) is 1. The minimum Gasteiger partial charge on any atom is -0.329 e. The van der Waals surface area contributed by atoms with Gasteiger partial charge in [-0.3, -0.25) is 9.88 Å². The normalized spacial score (nSPS) is 26.0. The van der Waals surface area contributed by atoms with Crippen LogP contribution in [0.1, 0.15) is 44.5 Å². The van der Waals surface area contributed by atoms with Crippen molar-refractivity contribution in [1.82, 2.24) is 9.88 Å². The highest BCUT2D eigenvalue weighted by molar-refractivity contribution is 5.12. The number of likely N-dealkylation sites (N-methyl/N-ethyl adjacent to an activating group) is 1. The van der Waals surface area contributed by atoms with Crippen LogP contribution in [0.3, 0.4) is 0 Å². The molecule has 2 N–H and O–H groups in total. The Morgan fingerprint density at radius 2 is 2.05 bits per heavy atom. The number of rotatable bonds is 4. The van der Waals surface area contributed by atoms with E-state index in [-0.39, 0.29) is 11.0 Å². The molecule has 3 heteroatoms. The van der Waals surface area contributed by atoms with Crippen molar-refractivity contribution in [3.63, 3.8) is 0 Å². The lowest BCUT2D eigenvalue weighted by molar-refractivity contribution is 0.0267. The first kappa shape index (κ1) is 14.5. The monoisotopic (exact) mass is 261 g/mol. The van der Waals surface area contributed by atoms with Gasteiger partial charge in [-0.15, -0.1) is 0 Å². The molecule has 1 aliphatic carbocycles. The summed E-state index contributed by atoms with van der Waals surface area (Å²) >= 11 is 0. The average Bonchev–Trinajstić information content (AvgIpc) is 2.65. The summed E-state index contributed by atoms with van der Waals surface area (Å²) < 4.78 is 0. The Morgan fingerprint density at radius 3 is 2.58 bits per heavy atom. The van der Waals surface area contributed by atoms with E-state index in [1.807, 2.05) is 13.0 Å². The molecule has 1 aliphatic rings. The fourth-order valence-electron chi connectivity index (χ4n) is 3.72. The zero-order valence-electron chi connectivity index (χ0n) is 12.7. The van der Waals surface area contributed by atoms with Gasteiger partial charge >= 0.3 is 0 Å². The maximum absolute atomic E-state index is 6.17. The first-order chi connectivity index (χ1) is 8.91. The molecule has 1 fully saturated rings. The van der Waals surface area contributed by atoms with Crippen molar-refractivity contribution in [1.29, 1.82) is 0 Å². The minimum absolute atomic E-state index is 0.110. The van der Waals surface area contributed by atoms with Gasteiger partial charge in [0.05, 0.1) is 5.69 Å². The van der Waals surface area contributed by atoms with Gasteiger partial charge in [-0.05, 0) is 44.4 Å². The first-order valence-corrected chi connectivity index (χ1v) is 7.25. The molecule has 1 unspecified atom stereocenters. The van der Waals surface area contributed by atoms with Crippen molar-refractivity contribution in [2.24, 2.45) is 11.1 Å². The van der Waals surface area contributed by atoms with Gasteiger partial charge in [0.2, 0.25) is 0 Å². The van der Waals surface area contributed by atoms with E-state index in [1.165, 1.54) is 19.3 Å². The van der Waals surface area contributed by atoms with Crippen LogP contribution in [0, 0.1) is 12.3 Å². The number of hydrogen-bond acceptors (Lipinski definition) is 3. The molecule has 0 spiro atoms. The van der Waals surface area contributed by atoms with Gasteiger partial charge in [0.25, 0.3) is 0 Å². The zero-order valence-corrected chi connectivity index (χ0v) is 12.7. The van der Waals surface area contributed by atoms with Crippen molar-refractivity contribution in [2.75, 3.05) is 13.6 Å². The second kappa shape index (κ2) is 5.22. The summed E-state index contributed by atoms with van der Waals surface area (Å²) in [5.41, 5.74) is 8.77. The van der Waals surface area contributed by atoms with Crippen LogP contribution in [0.5, 0.6) is 0 Å². The Hall–Kier alpha value is -0.930. The Bertz CT molecular complexity index is 441. The maximum atomic E-state index is 6.17. The van der Waals surface area contributed by atoms with Crippen molar-refractivity contribution in [2.45, 2.75) is 52.1 Å². The molecular weight excluding hydrogens is 234 g/mol. The largest absolute Gasteiger partial charge is 0.329 e. The van der Waals surface area contributed by atoms with Crippen LogP contribution in [0.4, 0.5) is 0 Å². The van der Waals surface area contributed by atoms with Gasteiger partial charge in [-0.25, -0.2) is 0 Å². The fourth-order valence-corrected chi connectivity index (χ4v) is 3.72. The van der Waals surface area contributed by atoms with E-state index in [9.17, 15) is 0 Å². The first-order valence-electron chi connectivity index (χ1n) is 7.25. The van der Waals surface area contributed by atoms with Gasteiger partial charge in [0.1, 0.15) is 0 Å². The summed E-state index contributed by atoms with van der Waals surface area (Å²) in [6, 6.07) is 6.23. The van der Waals surface area contributed by atoms with Crippen LogP contribution < -0.4 is 5.73 Å². The number of nitrogens with zero attached hydrogens (tertiary/aromatic N) is 2. The van der Waals surface area contributed by atoms with Crippen LogP contribution in [0.2, 0.25) is 0 Å². The summed E-state index contributed by atoms with van der Waals surface area (Å²) in [6.45, 7) is 8.35. The molecule has 0 bridgehead atoms. The van der Waals surface area contributed by atoms with E-state index in [2.05, 4.69) is 42.9 Å². The molecule has 1 heterocycles. The van der Waals surface area contributed by atoms with Crippen LogP contribution in [-0.4, -0.2) is 29.0 Å². The summed E-state index contributed by atoms with van der Waals surface area (Å²) in [7, 11) is 2.20. The molecule has 19 heavy (non-hydrogen) atoms. The van der Waals surface area contributed by atoms with E-state index >= 15 is 0 Å². The Kier molecular flexibility index (Phi) is 3.98. The van der Waals surface area contributed by atoms with E-state index in [1.54, 1.807) is 0 Å². The van der Waals surface area contributed by atoms with Gasteiger partial charge < -0.3 is 5.73 Å². The highest BCUT2D eigenvalue weighted by Gasteiger charge is 2.50. The number of aryl methyl sites for hydroxylation is 1. The third-order valence-corrected chi connectivity index (χ3v) is 5.07. The average molecular weight is 261 g/mol. The molecule has 0 amide bonds. The summed E-state index contributed by atoms with van der Waals surface area (Å²) in [4.78, 5) is 7.05. The van der Waals surface area contributed by atoms with Crippen LogP contribution >= 0.6 is 0 Å². The zero-order chi connectivity index (χ0) is 14.1. The number of nitrogens with two attached hydrogens (primary N) is 1. The Balaban J connectivity index is 2.20. The van der Waals surface area contributed by atoms with Crippen molar-refractivity contribution in [3.8, 4) is 0 Å². The van der Waals surface area contributed by atoms with Gasteiger partial charge in [0.15, 0.2) is 0 Å². The van der Waals surface area contributed by atoms with Crippen LogP contribution in [-0.2, 0) is 6.54 Å². The third kappa shape index (κ3) is 2.54. The predicted octanol–water partition coefficient (Wildman–Crippen LogP) is 2.73. The highest BCUT2D eigenvalue weighted by atomic mass is 15.2. The van der Waals surface area contributed by atoms with E-state index in [0.717, 1.165) is 24.5 Å². The van der Waals surface area contributed by atoms with Gasteiger partial charge in [-0.1, -0.05) is 26.3 Å². The summed E-state index contributed by atoms with van der Waals surface area (Å²) in [5, 5.41) is 0. The maximum Gasteiger partial charge on any atom is 0.0547 e. The third-order valence-electron chi connectivity index (χ3n) is 5.07. The molecule has 2 rings (SSSR count). The summed E-state index contributed by atoms with van der Waals surface area (Å²) in [5.74, 6) is 0. The fraction of sp³-hybridized carbons (Fsp3) is 0.688. The van der Waals surface area contributed by atoms with Crippen molar-refractivity contribution < 1.29 is 0 Å². The lowest BCUT2D eigenvalue weighted by Gasteiger charge is -2.47. The topological polar surface area (TPSA) is 42.1 Å². The van der Waals surface area contributed by atoms with Crippen molar-refractivity contribution >= 4 is 0 Å². The standard InChI is InChI=1S/C16H27N3/c1-13-7-5-8-14(18-13)11-19(4)16(12-17)10-6-9-15(16,2)3/h5,7-8H,6,9-12,17H2,1-4H3. The predicted molar refractivity (Wildman–Crippen MR) is 79.9 cm³/mol. The van der Waals surface area contributed by atoms with E-state index in [4.69, 9.17) is 5.73 Å². The molecule has 3 nitrogen and oxygen atoms in total. The van der Waals surface area contributed by atoms with Gasteiger partial charge in [0, 0.05) is 24.3 Å². The number of pyridine rings is 1. The smallest absolute Gasteiger partial charge is 0.0547 e. The summed E-state index contributed by atoms with van der Waals surface area (Å²) in [6.07, 6.45) is 3.73. The van der Waals surface area contributed by atoms with Crippen molar-refractivity contribution in [3.05, 3.63) is 29.6 Å². The Labute approximate surface area is 117 Å². The van der Waals surface area contributed by atoms with E-state index in [0.29, 0.717) is 0 Å². The molecule has 1 saturated carbocycles. The van der Waals surface area contributed by atoms with E-state index < -0.39 is 0 Å². The molecule has 1 atom stereocenters. The van der Waals surface area contributed by atoms with Gasteiger partial charge in [-0.2, -0.15) is 0 Å². The molecule has 1 aromatic rings. The van der Waals surface area contributed by atoms with Crippen LogP contribution in [0.25, 0.3) is 0 Å². The second-order valence-electron chi connectivity index (χ2n) is 6.60. The number of aromatic nitrogens is 1. The van der Waals surface area contributed by atoms with Crippen LogP contribution in [0.15, 0.2) is 18.2 Å². The molecule has 0 saturated heterocycles. The molecule has 1 aromatic heterocycles. The highest BCUT2D eigenvalue weighted by Crippen LogP contribution is 2.48.